The van der Waals surface area contributed by atoms with Crippen LogP contribution in [0.1, 0.15) is 13.3 Å². The Labute approximate surface area is 146 Å². The Morgan fingerprint density at radius 1 is 1.08 bits per heavy atom. The van der Waals surface area contributed by atoms with Crippen molar-refractivity contribution >= 4 is 17.9 Å². The largest absolute Gasteiger partial charge is 0.468 e. The van der Waals surface area contributed by atoms with E-state index in [1.807, 2.05) is 0 Å². The molecule has 0 radical (unpaired) electrons. The second kappa shape index (κ2) is 9.33. The van der Waals surface area contributed by atoms with Crippen LogP contribution in [-0.2, 0) is 38.1 Å². The van der Waals surface area contributed by atoms with Crippen LogP contribution in [0.5, 0.6) is 0 Å². The molecule has 8 nitrogen and oxygen atoms in total. The Morgan fingerprint density at radius 2 is 1.60 bits per heavy atom. The van der Waals surface area contributed by atoms with Crippen LogP contribution in [0.4, 0.5) is 0 Å². The highest BCUT2D eigenvalue weighted by Crippen LogP contribution is 2.33. The Morgan fingerprint density at radius 3 is 2.00 bits per heavy atom. The SMILES string of the molecule is C=CCC(/C=C(/C(=O)OC)C(C(=O)OC)C(=O)OC)C1(C)OCCO1. The van der Waals surface area contributed by atoms with Gasteiger partial charge < -0.3 is 23.7 Å². The summed E-state index contributed by atoms with van der Waals surface area (Å²) in [5, 5.41) is 0. The van der Waals surface area contributed by atoms with Crippen LogP contribution in [0.3, 0.4) is 0 Å². The molecule has 1 rings (SSSR count). The monoisotopic (exact) mass is 356 g/mol. The predicted octanol–water partition coefficient (Wildman–Crippen LogP) is 1.00. The van der Waals surface area contributed by atoms with Crippen LogP contribution < -0.4 is 0 Å². The lowest BCUT2D eigenvalue weighted by Crippen LogP contribution is -2.37. The molecule has 1 unspecified atom stereocenters. The van der Waals surface area contributed by atoms with Crippen molar-refractivity contribution in [3.63, 3.8) is 0 Å². The third-order valence-electron chi connectivity index (χ3n) is 3.94. The van der Waals surface area contributed by atoms with E-state index in [2.05, 4.69) is 16.1 Å². The van der Waals surface area contributed by atoms with Gasteiger partial charge in [-0.3, -0.25) is 9.59 Å². The molecule has 1 fully saturated rings. The van der Waals surface area contributed by atoms with Gasteiger partial charge in [-0.1, -0.05) is 12.2 Å². The quantitative estimate of drug-likeness (QED) is 0.209. The average Bonchev–Trinajstić information content (AvgIpc) is 3.06. The number of allylic oxidation sites excluding steroid dienone is 1. The fraction of sp³-hybridized carbons (Fsp3) is 0.588. The van der Waals surface area contributed by atoms with Crippen molar-refractivity contribution in [1.29, 1.82) is 0 Å². The minimum Gasteiger partial charge on any atom is -0.468 e. The van der Waals surface area contributed by atoms with E-state index in [1.165, 1.54) is 6.08 Å². The van der Waals surface area contributed by atoms with E-state index in [1.54, 1.807) is 13.0 Å². The van der Waals surface area contributed by atoms with Gasteiger partial charge in [-0.15, -0.1) is 6.58 Å². The van der Waals surface area contributed by atoms with Gasteiger partial charge in [0.1, 0.15) is 0 Å². The van der Waals surface area contributed by atoms with Crippen LogP contribution in [-0.4, -0.2) is 58.2 Å². The summed E-state index contributed by atoms with van der Waals surface area (Å²) >= 11 is 0. The van der Waals surface area contributed by atoms with E-state index >= 15 is 0 Å². The lowest BCUT2D eigenvalue weighted by atomic mass is 9.89. The van der Waals surface area contributed by atoms with Crippen LogP contribution in [0.25, 0.3) is 0 Å². The molecule has 1 aliphatic heterocycles. The van der Waals surface area contributed by atoms with Gasteiger partial charge in [0.2, 0.25) is 0 Å². The van der Waals surface area contributed by atoms with Gasteiger partial charge in [0, 0.05) is 5.92 Å². The molecule has 140 valence electrons. The molecule has 0 N–H and O–H groups in total. The van der Waals surface area contributed by atoms with Crippen LogP contribution in [0.15, 0.2) is 24.3 Å². The van der Waals surface area contributed by atoms with E-state index in [4.69, 9.17) is 14.2 Å². The number of rotatable bonds is 8. The van der Waals surface area contributed by atoms with Gasteiger partial charge in [0.25, 0.3) is 0 Å². The molecule has 0 aromatic rings. The predicted molar refractivity (Wildman–Crippen MR) is 86.2 cm³/mol. The molecule has 1 aliphatic rings. The first-order valence-electron chi connectivity index (χ1n) is 7.69. The summed E-state index contributed by atoms with van der Waals surface area (Å²) in [6.07, 6.45) is 3.43. The van der Waals surface area contributed by atoms with Gasteiger partial charge in [-0.25, -0.2) is 4.79 Å². The van der Waals surface area contributed by atoms with E-state index in [0.717, 1.165) is 21.3 Å². The topological polar surface area (TPSA) is 97.4 Å². The smallest absolute Gasteiger partial charge is 0.334 e. The number of methoxy groups -OCH3 is 3. The van der Waals surface area contributed by atoms with Gasteiger partial charge in [-0.05, 0) is 13.3 Å². The highest BCUT2D eigenvalue weighted by molar-refractivity contribution is 6.07. The van der Waals surface area contributed by atoms with Crippen molar-refractivity contribution in [2.24, 2.45) is 11.8 Å². The first-order chi connectivity index (χ1) is 11.8. The van der Waals surface area contributed by atoms with Crippen LogP contribution >= 0.6 is 0 Å². The molecule has 1 atom stereocenters. The highest BCUT2D eigenvalue weighted by atomic mass is 16.7. The normalized spacial score (nSPS) is 17.7. The molecule has 0 aromatic carbocycles. The Balaban J connectivity index is 3.39. The minimum atomic E-state index is -1.57. The summed E-state index contributed by atoms with van der Waals surface area (Å²) in [6, 6.07) is 0. The fourth-order valence-electron chi connectivity index (χ4n) is 2.56. The molecular weight excluding hydrogens is 332 g/mol. The van der Waals surface area contributed by atoms with Crippen molar-refractivity contribution in [2.45, 2.75) is 19.1 Å². The Hall–Kier alpha value is -2.19. The van der Waals surface area contributed by atoms with Crippen molar-refractivity contribution in [3.8, 4) is 0 Å². The maximum atomic E-state index is 12.2. The molecule has 8 heteroatoms. The summed E-state index contributed by atoms with van der Waals surface area (Å²) in [5.41, 5.74) is -0.201. The van der Waals surface area contributed by atoms with Gasteiger partial charge in [0.15, 0.2) is 11.7 Å². The number of ether oxygens (including phenoxy) is 5. The van der Waals surface area contributed by atoms with E-state index in [-0.39, 0.29) is 5.57 Å². The highest BCUT2D eigenvalue weighted by Gasteiger charge is 2.42. The number of carbonyl (C=O) groups excluding carboxylic acids is 3. The lowest BCUT2D eigenvalue weighted by Gasteiger charge is -2.30. The maximum Gasteiger partial charge on any atom is 0.334 e. The molecule has 0 saturated carbocycles. The first-order valence-corrected chi connectivity index (χ1v) is 7.69. The molecule has 1 heterocycles. The number of carbonyl (C=O) groups is 3. The maximum absolute atomic E-state index is 12.2. The van der Waals surface area contributed by atoms with Crippen molar-refractivity contribution in [3.05, 3.63) is 24.3 Å². The summed E-state index contributed by atoms with van der Waals surface area (Å²) in [7, 11) is 3.37. The summed E-state index contributed by atoms with van der Waals surface area (Å²) in [4.78, 5) is 36.4. The molecule has 0 aliphatic carbocycles. The Bertz CT molecular complexity index is 529. The van der Waals surface area contributed by atoms with Crippen molar-refractivity contribution < 1.29 is 38.1 Å². The number of hydrogen-bond acceptors (Lipinski definition) is 8. The average molecular weight is 356 g/mol. The van der Waals surface area contributed by atoms with E-state index in [0.29, 0.717) is 19.6 Å². The third kappa shape index (κ3) is 4.90. The molecule has 0 spiro atoms. The Kier molecular flexibility index (Phi) is 7.79. The zero-order chi connectivity index (χ0) is 19.0. The molecule has 0 aromatic heterocycles. The zero-order valence-corrected chi connectivity index (χ0v) is 14.9. The van der Waals surface area contributed by atoms with Crippen molar-refractivity contribution in [2.75, 3.05) is 34.5 Å². The number of esters is 3. The summed E-state index contributed by atoms with van der Waals surface area (Å²) in [6.45, 7) is 6.18. The van der Waals surface area contributed by atoms with Gasteiger partial charge in [0.05, 0.1) is 40.1 Å². The minimum absolute atomic E-state index is 0.201. The van der Waals surface area contributed by atoms with Crippen LogP contribution in [0.2, 0.25) is 0 Å². The molecule has 0 bridgehead atoms. The second-order valence-electron chi connectivity index (χ2n) is 5.44. The molecule has 1 saturated heterocycles. The first kappa shape index (κ1) is 20.9. The lowest BCUT2D eigenvalue weighted by molar-refractivity contribution is -0.170. The van der Waals surface area contributed by atoms with Crippen LogP contribution in [0, 0.1) is 11.8 Å². The fourth-order valence-corrected chi connectivity index (χ4v) is 2.56. The standard InChI is InChI=1S/C17H24O8/c1-6-7-11(17(2)24-8-9-25-17)10-12(14(18)21-3)13(15(19)22-4)16(20)23-5/h6,10-11,13H,1,7-9H2,2-5H3/b12-10+. The van der Waals surface area contributed by atoms with Crippen molar-refractivity contribution in [1.82, 2.24) is 0 Å². The molecular formula is C17H24O8. The molecule has 0 amide bonds. The molecule has 25 heavy (non-hydrogen) atoms. The summed E-state index contributed by atoms with van der Waals surface area (Å²) in [5.74, 6) is -5.79. The van der Waals surface area contributed by atoms with Gasteiger partial charge >= 0.3 is 17.9 Å². The third-order valence-corrected chi connectivity index (χ3v) is 3.94. The second-order valence-corrected chi connectivity index (χ2v) is 5.44. The van der Waals surface area contributed by atoms with E-state index in [9.17, 15) is 14.4 Å². The van der Waals surface area contributed by atoms with Gasteiger partial charge in [-0.2, -0.15) is 0 Å². The zero-order valence-electron chi connectivity index (χ0n) is 14.9. The van der Waals surface area contributed by atoms with E-state index < -0.39 is 35.5 Å². The summed E-state index contributed by atoms with van der Waals surface area (Å²) < 4.78 is 25.2. The number of hydrogen-bond donors (Lipinski definition) is 0.